The molecule has 330 valence electrons. The summed E-state index contributed by atoms with van der Waals surface area (Å²) in [4.78, 5) is 6.55. The quantitative estimate of drug-likeness (QED) is 0.121. The second kappa shape index (κ2) is 15.0. The van der Waals surface area contributed by atoms with Crippen LogP contribution in [0.1, 0.15) is 37.3 Å². The number of thioether (sulfide) groups is 1. The Morgan fingerprint density at radius 1 is 0.449 bits per heavy atom. The second-order valence-electron chi connectivity index (χ2n) is 20.9. The van der Waals surface area contributed by atoms with Gasteiger partial charge in [0.2, 0.25) is 0 Å². The molecule has 0 N–H and O–H groups in total. The van der Waals surface area contributed by atoms with Crippen molar-refractivity contribution in [2.24, 2.45) is 29.6 Å². The predicted octanol–water partition coefficient (Wildman–Crippen LogP) is 15.1. The van der Waals surface area contributed by atoms with Crippen molar-refractivity contribution >= 4 is 69.0 Å². The monoisotopic (exact) mass is 902 g/mol. The average molecular weight is 903 g/mol. The van der Waals surface area contributed by atoms with E-state index in [4.69, 9.17) is 0 Å². The number of hydrogen-bond donors (Lipinski definition) is 0. The molecular weight excluding hydrogens is 852 g/mol. The van der Waals surface area contributed by atoms with Crippen molar-refractivity contribution < 1.29 is 0 Å². The molecule has 9 aromatic carbocycles. The van der Waals surface area contributed by atoms with Crippen LogP contribution < -0.4 is 26.2 Å². The Kier molecular flexibility index (Phi) is 8.68. The Morgan fingerprint density at radius 2 is 1.01 bits per heavy atom. The van der Waals surface area contributed by atoms with Crippen molar-refractivity contribution in [1.82, 2.24) is 0 Å². The molecule has 6 aliphatic rings. The lowest BCUT2D eigenvalue weighted by molar-refractivity contribution is -0.193. The third-order valence-corrected chi connectivity index (χ3v) is 18.4. The maximum Gasteiger partial charge on any atom is 0.252 e. The molecule has 2 nitrogen and oxygen atoms in total. The SMILES string of the molecule is CSc1cc2c3c(c1)N(c1ccccc1-c1ccccc1)c1cc(-c4ccccc4)ccc1B3c1ccc(-c3ccccc3)cc1N2c1ccc2c(c1)C1(c3ccccc3-2)C2CC(C)CC3CC1C32. The summed E-state index contributed by atoms with van der Waals surface area (Å²) in [6.45, 7) is 2.54. The van der Waals surface area contributed by atoms with Crippen LogP contribution in [0.15, 0.2) is 211 Å². The molecule has 0 saturated heterocycles. The highest BCUT2D eigenvalue weighted by Crippen LogP contribution is 2.78. The maximum atomic E-state index is 2.68. The molecule has 0 radical (unpaired) electrons. The smallest absolute Gasteiger partial charge is 0.252 e. The van der Waals surface area contributed by atoms with Crippen LogP contribution in [-0.2, 0) is 5.41 Å². The van der Waals surface area contributed by atoms with Gasteiger partial charge in [-0.1, -0.05) is 171 Å². The van der Waals surface area contributed by atoms with Crippen molar-refractivity contribution in [3.8, 4) is 44.5 Å². The van der Waals surface area contributed by atoms with Gasteiger partial charge in [0.25, 0.3) is 6.71 Å². The van der Waals surface area contributed by atoms with Crippen LogP contribution in [0.5, 0.6) is 0 Å². The normalized spacial score (nSPS) is 22.6. The number of rotatable bonds is 6. The van der Waals surface area contributed by atoms with Crippen LogP contribution >= 0.6 is 11.8 Å². The topological polar surface area (TPSA) is 6.48 Å². The van der Waals surface area contributed by atoms with Crippen LogP contribution in [0.4, 0.5) is 34.1 Å². The molecule has 0 bridgehead atoms. The number of benzene rings is 9. The van der Waals surface area contributed by atoms with E-state index in [1.165, 1.54) is 119 Å². The molecule has 2 aliphatic heterocycles. The van der Waals surface area contributed by atoms with Crippen LogP contribution in [-0.4, -0.2) is 13.0 Å². The summed E-state index contributed by atoms with van der Waals surface area (Å²) in [5.74, 6) is 3.97. The van der Waals surface area contributed by atoms with Crippen LogP contribution in [0.25, 0.3) is 44.5 Å². The van der Waals surface area contributed by atoms with E-state index in [2.05, 4.69) is 229 Å². The molecule has 3 fully saturated rings. The predicted molar refractivity (Wildman–Crippen MR) is 292 cm³/mol. The summed E-state index contributed by atoms with van der Waals surface area (Å²) in [6.07, 6.45) is 6.36. The van der Waals surface area contributed by atoms with Gasteiger partial charge in [0.1, 0.15) is 0 Å². The third-order valence-electron chi connectivity index (χ3n) is 17.7. The fourth-order valence-electron chi connectivity index (χ4n) is 15.0. The maximum absolute atomic E-state index is 2.68. The van der Waals surface area contributed by atoms with E-state index >= 15 is 0 Å². The van der Waals surface area contributed by atoms with Gasteiger partial charge in [-0.15, -0.1) is 11.8 Å². The minimum atomic E-state index is 0.00925. The first-order valence-electron chi connectivity index (χ1n) is 25.2. The highest BCUT2D eigenvalue weighted by atomic mass is 32.2. The molecule has 6 unspecified atom stereocenters. The van der Waals surface area contributed by atoms with E-state index in [9.17, 15) is 0 Å². The molecule has 0 amide bonds. The minimum absolute atomic E-state index is 0.00925. The van der Waals surface area contributed by atoms with Gasteiger partial charge in [-0.05, 0) is 164 Å². The fraction of sp³-hybridized carbons (Fsp3) is 0.169. The highest BCUT2D eigenvalue weighted by molar-refractivity contribution is 7.98. The van der Waals surface area contributed by atoms with Gasteiger partial charge < -0.3 is 9.80 Å². The van der Waals surface area contributed by atoms with Gasteiger partial charge >= 0.3 is 0 Å². The third kappa shape index (κ3) is 5.53. The van der Waals surface area contributed by atoms with E-state index < -0.39 is 0 Å². The second-order valence-corrected chi connectivity index (χ2v) is 21.7. The Hall–Kier alpha value is -7.01. The summed E-state index contributed by atoms with van der Waals surface area (Å²) in [5, 5.41) is 0. The number of nitrogens with zero attached hydrogens (tertiary/aromatic N) is 2. The molecule has 0 aromatic heterocycles. The molecule has 69 heavy (non-hydrogen) atoms. The average Bonchev–Trinajstić information content (AvgIpc) is 3.70. The highest BCUT2D eigenvalue weighted by Gasteiger charge is 2.73. The van der Waals surface area contributed by atoms with Crippen LogP contribution in [0.3, 0.4) is 0 Å². The zero-order chi connectivity index (χ0) is 45.5. The first kappa shape index (κ1) is 39.9. The molecule has 6 atom stereocenters. The van der Waals surface area contributed by atoms with E-state index in [0.717, 1.165) is 23.7 Å². The van der Waals surface area contributed by atoms with Crippen molar-refractivity contribution in [2.45, 2.75) is 36.5 Å². The summed E-state index contributed by atoms with van der Waals surface area (Å²) in [7, 11) is 0. The van der Waals surface area contributed by atoms with Crippen molar-refractivity contribution in [3.05, 3.63) is 217 Å². The molecular formula is C65H51BN2S. The summed E-state index contributed by atoms with van der Waals surface area (Å²) in [5.41, 5.74) is 25.0. The first-order valence-corrected chi connectivity index (χ1v) is 26.4. The molecule has 9 aromatic rings. The van der Waals surface area contributed by atoms with Crippen molar-refractivity contribution in [2.75, 3.05) is 16.1 Å². The van der Waals surface area contributed by atoms with Gasteiger partial charge in [-0.2, -0.15) is 0 Å². The number of hydrogen-bond acceptors (Lipinski definition) is 3. The van der Waals surface area contributed by atoms with Gasteiger partial charge in [0.05, 0.1) is 5.69 Å². The summed E-state index contributed by atoms with van der Waals surface area (Å²) < 4.78 is 0. The molecule has 4 heteroatoms. The lowest BCUT2D eigenvalue weighted by Gasteiger charge is -2.73. The lowest BCUT2D eigenvalue weighted by atomic mass is 9.30. The van der Waals surface area contributed by atoms with Crippen LogP contribution in [0.2, 0.25) is 0 Å². The minimum Gasteiger partial charge on any atom is -0.311 e. The Bertz CT molecular complexity index is 3550. The van der Waals surface area contributed by atoms with Crippen molar-refractivity contribution in [3.63, 3.8) is 0 Å². The van der Waals surface area contributed by atoms with Gasteiger partial charge in [-0.25, -0.2) is 0 Å². The van der Waals surface area contributed by atoms with E-state index in [0.29, 0.717) is 5.92 Å². The summed E-state index contributed by atoms with van der Waals surface area (Å²) in [6, 6.07) is 78.7. The van der Waals surface area contributed by atoms with Gasteiger partial charge in [-0.3, -0.25) is 0 Å². The molecule has 1 spiro atoms. The zero-order valence-corrected chi connectivity index (χ0v) is 39.8. The molecule has 4 aliphatic carbocycles. The number of anilines is 6. The molecule has 2 heterocycles. The van der Waals surface area contributed by atoms with Crippen molar-refractivity contribution in [1.29, 1.82) is 0 Å². The van der Waals surface area contributed by atoms with E-state index in [-0.39, 0.29) is 12.1 Å². The van der Waals surface area contributed by atoms with E-state index in [1.807, 2.05) is 11.8 Å². The molecule has 3 saturated carbocycles. The largest absolute Gasteiger partial charge is 0.311 e. The number of para-hydroxylation sites is 1. The summed E-state index contributed by atoms with van der Waals surface area (Å²) >= 11 is 1.84. The lowest BCUT2D eigenvalue weighted by Crippen LogP contribution is -2.70. The standard InChI is InChI=1S/C65H51BN2S/c1-40-32-46-34-55-63(46)54(33-40)65(55)52-24-14-12-23-50(52)51-29-28-47(37-53(51)65)67-59-35-44(41-16-6-3-7-17-41)26-30-56(59)66-57-31-27-45(42-18-8-4-9-19-42)36-60(57)68(62-39-48(69-2)38-61(67)64(62)66)58-25-15-13-22-49(58)43-20-10-5-11-21-43/h3-31,35-40,46,54-55,63H,32-34H2,1-2H3. The Balaban J connectivity index is 1.01. The Labute approximate surface area is 410 Å². The Morgan fingerprint density at radius 3 is 1.70 bits per heavy atom. The van der Waals surface area contributed by atoms with E-state index in [1.54, 1.807) is 11.1 Å². The van der Waals surface area contributed by atoms with Gasteiger partial charge in [0.15, 0.2) is 0 Å². The van der Waals surface area contributed by atoms with Gasteiger partial charge in [0, 0.05) is 44.3 Å². The fourth-order valence-corrected chi connectivity index (χ4v) is 15.5. The molecule has 15 rings (SSSR count). The number of fused-ring (bicyclic) bond motifs is 11. The zero-order valence-electron chi connectivity index (χ0n) is 39.0. The van der Waals surface area contributed by atoms with Crippen LogP contribution in [0, 0.1) is 29.6 Å². The first-order chi connectivity index (χ1) is 34.1.